The largest absolute Gasteiger partial charge is 0.336 e. The van der Waals surface area contributed by atoms with E-state index in [1.54, 1.807) is 42.5 Å². The van der Waals surface area contributed by atoms with E-state index in [2.05, 4.69) is 10.6 Å². The van der Waals surface area contributed by atoms with E-state index < -0.39 is 10.0 Å². The van der Waals surface area contributed by atoms with Gasteiger partial charge in [-0.3, -0.25) is 4.31 Å². The van der Waals surface area contributed by atoms with Crippen molar-refractivity contribution in [2.24, 2.45) is 0 Å². The highest BCUT2D eigenvalue weighted by molar-refractivity contribution is 7.92. The van der Waals surface area contributed by atoms with Crippen LogP contribution >= 0.6 is 0 Å². The molecule has 1 aliphatic heterocycles. The van der Waals surface area contributed by atoms with Crippen LogP contribution < -0.4 is 14.9 Å². The molecule has 6 nitrogen and oxygen atoms in total. The SMILES string of the molecule is CC(C)NC(=O)Nc1ccc2c(c1)N(S(=O)(=O)c1ccccc1)CCC2. The highest BCUT2D eigenvalue weighted by atomic mass is 32.2. The average molecular weight is 373 g/mol. The van der Waals surface area contributed by atoms with Crippen molar-refractivity contribution in [2.75, 3.05) is 16.2 Å². The summed E-state index contributed by atoms with van der Waals surface area (Å²) in [5.41, 5.74) is 2.16. The molecule has 26 heavy (non-hydrogen) atoms. The number of urea groups is 1. The molecule has 2 aromatic rings. The van der Waals surface area contributed by atoms with Crippen LogP contribution in [0.25, 0.3) is 0 Å². The first-order valence-electron chi connectivity index (χ1n) is 8.66. The summed E-state index contributed by atoms with van der Waals surface area (Å²) in [4.78, 5) is 12.2. The van der Waals surface area contributed by atoms with Gasteiger partial charge in [0.15, 0.2) is 0 Å². The van der Waals surface area contributed by atoms with Gasteiger partial charge in [-0.1, -0.05) is 24.3 Å². The maximum atomic E-state index is 13.1. The van der Waals surface area contributed by atoms with Crippen LogP contribution in [0.15, 0.2) is 53.4 Å². The number of carbonyl (C=O) groups is 1. The van der Waals surface area contributed by atoms with Crippen LogP contribution in [0, 0.1) is 0 Å². The molecule has 0 bridgehead atoms. The van der Waals surface area contributed by atoms with Crippen molar-refractivity contribution >= 4 is 27.4 Å². The summed E-state index contributed by atoms with van der Waals surface area (Å²) in [6.07, 6.45) is 1.58. The van der Waals surface area contributed by atoms with Gasteiger partial charge in [-0.05, 0) is 56.5 Å². The molecule has 0 aliphatic carbocycles. The minimum Gasteiger partial charge on any atom is -0.336 e. The second kappa shape index (κ2) is 7.37. The van der Waals surface area contributed by atoms with Crippen molar-refractivity contribution in [2.45, 2.75) is 37.6 Å². The number of hydrogen-bond donors (Lipinski definition) is 2. The number of carbonyl (C=O) groups excluding carboxylic acids is 1. The molecular formula is C19H23N3O3S. The summed E-state index contributed by atoms with van der Waals surface area (Å²) < 4.78 is 27.5. The summed E-state index contributed by atoms with van der Waals surface area (Å²) in [5, 5.41) is 5.52. The van der Waals surface area contributed by atoms with Gasteiger partial charge in [-0.2, -0.15) is 0 Å². The number of rotatable bonds is 4. The molecule has 138 valence electrons. The van der Waals surface area contributed by atoms with E-state index in [4.69, 9.17) is 0 Å². The molecule has 3 rings (SSSR count). The number of anilines is 2. The van der Waals surface area contributed by atoms with Gasteiger partial charge in [0.1, 0.15) is 0 Å². The number of benzene rings is 2. The van der Waals surface area contributed by atoms with E-state index in [0.717, 1.165) is 18.4 Å². The Balaban J connectivity index is 1.93. The molecule has 0 radical (unpaired) electrons. The number of sulfonamides is 1. The smallest absolute Gasteiger partial charge is 0.319 e. The van der Waals surface area contributed by atoms with E-state index in [9.17, 15) is 13.2 Å². The van der Waals surface area contributed by atoms with Gasteiger partial charge in [0.2, 0.25) is 0 Å². The first-order chi connectivity index (χ1) is 12.4. The standard InChI is InChI=1S/C19H23N3O3S/c1-14(2)20-19(23)21-16-11-10-15-7-6-12-22(18(15)13-16)26(24,25)17-8-4-3-5-9-17/h3-5,8-11,13-14H,6-7,12H2,1-2H3,(H2,20,21,23). The van der Waals surface area contributed by atoms with Gasteiger partial charge in [0.05, 0.1) is 10.6 Å². The molecule has 2 aromatic carbocycles. The second-order valence-corrected chi connectivity index (χ2v) is 8.45. The van der Waals surface area contributed by atoms with Crippen LogP contribution in [0.4, 0.5) is 16.2 Å². The highest BCUT2D eigenvalue weighted by Gasteiger charge is 2.29. The van der Waals surface area contributed by atoms with Crippen molar-refractivity contribution in [3.63, 3.8) is 0 Å². The Labute approximate surface area is 154 Å². The fraction of sp³-hybridized carbons (Fsp3) is 0.316. The minimum absolute atomic E-state index is 0.0163. The van der Waals surface area contributed by atoms with Crippen LogP contribution in [-0.4, -0.2) is 27.0 Å². The molecule has 7 heteroatoms. The van der Waals surface area contributed by atoms with Crippen LogP contribution in [-0.2, 0) is 16.4 Å². The Bertz CT molecular complexity index is 896. The topological polar surface area (TPSA) is 78.5 Å². The third kappa shape index (κ3) is 3.83. The van der Waals surface area contributed by atoms with Crippen LogP contribution in [0.5, 0.6) is 0 Å². The fourth-order valence-corrected chi connectivity index (χ4v) is 4.57. The zero-order valence-corrected chi connectivity index (χ0v) is 15.7. The fourth-order valence-electron chi connectivity index (χ4n) is 3.02. The van der Waals surface area contributed by atoms with Crippen LogP contribution in [0.2, 0.25) is 0 Å². The maximum Gasteiger partial charge on any atom is 0.319 e. The molecule has 0 atom stereocenters. The quantitative estimate of drug-likeness (QED) is 0.863. The Morgan fingerprint density at radius 1 is 1.12 bits per heavy atom. The maximum absolute atomic E-state index is 13.1. The first-order valence-corrected chi connectivity index (χ1v) is 10.1. The Morgan fingerprint density at radius 2 is 1.85 bits per heavy atom. The van der Waals surface area contributed by atoms with Gasteiger partial charge in [0, 0.05) is 18.3 Å². The lowest BCUT2D eigenvalue weighted by molar-refractivity contribution is 0.250. The Kier molecular flexibility index (Phi) is 5.18. The monoisotopic (exact) mass is 373 g/mol. The number of fused-ring (bicyclic) bond motifs is 1. The van der Waals surface area contributed by atoms with E-state index in [1.165, 1.54) is 4.31 Å². The zero-order valence-electron chi connectivity index (χ0n) is 14.9. The molecule has 0 unspecified atom stereocenters. The molecule has 0 aromatic heterocycles. The van der Waals surface area contributed by atoms with Crippen molar-refractivity contribution < 1.29 is 13.2 Å². The first kappa shape index (κ1) is 18.3. The van der Waals surface area contributed by atoms with Gasteiger partial charge < -0.3 is 10.6 Å². The van der Waals surface area contributed by atoms with Gasteiger partial charge in [-0.15, -0.1) is 0 Å². The summed E-state index contributed by atoms with van der Waals surface area (Å²) in [5.74, 6) is 0. The van der Waals surface area contributed by atoms with E-state index in [0.29, 0.717) is 17.9 Å². The Hall–Kier alpha value is -2.54. The molecule has 0 saturated carbocycles. The predicted octanol–water partition coefficient (Wildman–Crippen LogP) is 3.36. The summed E-state index contributed by atoms with van der Waals surface area (Å²) in [6.45, 7) is 4.17. The molecule has 2 amide bonds. The third-order valence-corrected chi connectivity index (χ3v) is 6.00. The van der Waals surface area contributed by atoms with Crippen LogP contribution in [0.3, 0.4) is 0 Å². The van der Waals surface area contributed by atoms with E-state index in [1.807, 2.05) is 19.9 Å². The van der Waals surface area contributed by atoms with Crippen molar-refractivity contribution in [1.82, 2.24) is 5.32 Å². The molecule has 0 fully saturated rings. The lowest BCUT2D eigenvalue weighted by atomic mass is 10.0. The molecular weight excluding hydrogens is 350 g/mol. The second-order valence-electron chi connectivity index (χ2n) is 6.59. The lowest BCUT2D eigenvalue weighted by Gasteiger charge is -2.31. The van der Waals surface area contributed by atoms with Crippen LogP contribution in [0.1, 0.15) is 25.8 Å². The molecule has 2 N–H and O–H groups in total. The molecule has 1 aliphatic rings. The minimum atomic E-state index is -3.63. The molecule has 1 heterocycles. The van der Waals surface area contributed by atoms with Crippen molar-refractivity contribution in [1.29, 1.82) is 0 Å². The van der Waals surface area contributed by atoms with E-state index >= 15 is 0 Å². The number of nitrogens with zero attached hydrogens (tertiary/aromatic N) is 1. The average Bonchev–Trinajstić information content (AvgIpc) is 2.61. The van der Waals surface area contributed by atoms with Gasteiger partial charge >= 0.3 is 6.03 Å². The summed E-state index contributed by atoms with van der Waals surface area (Å²) >= 11 is 0. The number of amides is 2. The van der Waals surface area contributed by atoms with Gasteiger partial charge in [-0.25, -0.2) is 13.2 Å². The third-order valence-electron chi connectivity index (χ3n) is 4.17. The summed E-state index contributed by atoms with van der Waals surface area (Å²) in [6, 6.07) is 13.5. The number of nitrogens with one attached hydrogen (secondary N) is 2. The summed E-state index contributed by atoms with van der Waals surface area (Å²) in [7, 11) is -3.63. The van der Waals surface area contributed by atoms with Crippen molar-refractivity contribution in [3.8, 4) is 0 Å². The predicted molar refractivity (Wildman–Crippen MR) is 103 cm³/mol. The Morgan fingerprint density at radius 3 is 2.54 bits per heavy atom. The number of aryl methyl sites for hydroxylation is 1. The molecule has 0 saturated heterocycles. The number of hydrogen-bond acceptors (Lipinski definition) is 3. The normalized spacial score (nSPS) is 14.0. The van der Waals surface area contributed by atoms with Crippen molar-refractivity contribution in [3.05, 3.63) is 54.1 Å². The van der Waals surface area contributed by atoms with Gasteiger partial charge in [0.25, 0.3) is 10.0 Å². The zero-order chi connectivity index (χ0) is 18.7. The van der Waals surface area contributed by atoms with E-state index in [-0.39, 0.29) is 17.0 Å². The highest BCUT2D eigenvalue weighted by Crippen LogP contribution is 2.34. The molecule has 0 spiro atoms. The lowest BCUT2D eigenvalue weighted by Crippen LogP contribution is -2.36.